The largest absolute Gasteiger partial charge is 0.508 e. The highest BCUT2D eigenvalue weighted by molar-refractivity contribution is 5.60. The van der Waals surface area contributed by atoms with Crippen LogP contribution in [0.5, 0.6) is 0 Å². The second-order valence-electron chi connectivity index (χ2n) is 7.67. The Morgan fingerprint density at radius 1 is 0.808 bits per heavy atom. The Hall–Kier alpha value is -1.25. The zero-order valence-corrected chi connectivity index (χ0v) is 17.8. The molecule has 0 aliphatic carbocycles. The summed E-state index contributed by atoms with van der Waals surface area (Å²) < 4.78 is 10.6. The van der Waals surface area contributed by atoms with Crippen LogP contribution < -0.4 is 0 Å². The zero-order chi connectivity index (χ0) is 19.6. The molecule has 0 aliphatic rings. The average molecular weight is 367 g/mol. The first-order valence-corrected chi connectivity index (χ1v) is 10.6. The Kier molecular flexibility index (Phi) is 16.4. The summed E-state index contributed by atoms with van der Waals surface area (Å²) in [7, 11) is 0. The first-order valence-electron chi connectivity index (χ1n) is 10.6. The van der Waals surface area contributed by atoms with Gasteiger partial charge in [0, 0.05) is 0 Å². The van der Waals surface area contributed by atoms with E-state index in [4.69, 9.17) is 9.47 Å². The summed E-state index contributed by atoms with van der Waals surface area (Å²) in [4.78, 5) is 11.7. The molecule has 0 amide bonds. The molecule has 3 nitrogen and oxygen atoms in total. The van der Waals surface area contributed by atoms with Crippen LogP contribution >= 0.6 is 0 Å². The van der Waals surface area contributed by atoms with Gasteiger partial charge in [0.25, 0.3) is 0 Å². The van der Waals surface area contributed by atoms with E-state index in [1.165, 1.54) is 32.1 Å². The van der Waals surface area contributed by atoms with Gasteiger partial charge in [-0.25, -0.2) is 4.79 Å². The van der Waals surface area contributed by atoms with Gasteiger partial charge in [0.15, 0.2) is 0 Å². The van der Waals surface area contributed by atoms with Crippen molar-refractivity contribution in [2.24, 2.45) is 11.8 Å². The fourth-order valence-corrected chi connectivity index (χ4v) is 2.97. The van der Waals surface area contributed by atoms with Gasteiger partial charge < -0.3 is 9.47 Å². The average Bonchev–Trinajstić information content (AvgIpc) is 2.59. The summed E-state index contributed by atoms with van der Waals surface area (Å²) in [6.45, 7) is 10.9. The molecule has 0 bridgehead atoms. The van der Waals surface area contributed by atoms with E-state index in [-0.39, 0.29) is 6.10 Å². The minimum absolute atomic E-state index is 0.0702. The van der Waals surface area contributed by atoms with Crippen molar-refractivity contribution in [2.75, 3.05) is 6.61 Å². The van der Waals surface area contributed by atoms with Crippen molar-refractivity contribution in [2.45, 2.75) is 98.5 Å². The number of ether oxygens (including phenoxy) is 2. The Labute approximate surface area is 162 Å². The summed E-state index contributed by atoms with van der Waals surface area (Å²) in [6.07, 6.45) is 18.8. The Morgan fingerprint density at radius 3 is 2.00 bits per heavy atom. The molecule has 0 unspecified atom stereocenters. The molecule has 26 heavy (non-hydrogen) atoms. The lowest BCUT2D eigenvalue weighted by molar-refractivity contribution is -0.0110. The third-order valence-corrected chi connectivity index (χ3v) is 4.37. The minimum atomic E-state index is -0.516. The summed E-state index contributed by atoms with van der Waals surface area (Å²) in [5.41, 5.74) is 0. The van der Waals surface area contributed by atoms with Crippen LogP contribution in [0.2, 0.25) is 0 Å². The highest BCUT2D eigenvalue weighted by Crippen LogP contribution is 2.17. The molecule has 152 valence electrons. The minimum Gasteiger partial charge on any atom is -0.434 e. The molecule has 0 fully saturated rings. The van der Waals surface area contributed by atoms with E-state index in [0.29, 0.717) is 18.4 Å². The van der Waals surface area contributed by atoms with Crippen molar-refractivity contribution >= 4 is 6.16 Å². The monoisotopic (exact) mass is 366 g/mol. The molecule has 0 N–H and O–H groups in total. The van der Waals surface area contributed by atoms with E-state index < -0.39 is 6.16 Å². The number of rotatable bonds is 15. The second-order valence-corrected chi connectivity index (χ2v) is 7.67. The van der Waals surface area contributed by atoms with Crippen LogP contribution in [0.15, 0.2) is 24.3 Å². The van der Waals surface area contributed by atoms with Gasteiger partial charge >= 0.3 is 6.16 Å². The summed E-state index contributed by atoms with van der Waals surface area (Å²) >= 11 is 0. The molecule has 3 heteroatoms. The van der Waals surface area contributed by atoms with E-state index in [1.54, 1.807) is 0 Å². The van der Waals surface area contributed by atoms with Gasteiger partial charge in [-0.05, 0) is 43.9 Å². The molecule has 0 aromatic heterocycles. The number of carbonyl (C=O) groups is 1. The van der Waals surface area contributed by atoms with Crippen molar-refractivity contribution in [3.63, 3.8) is 0 Å². The van der Waals surface area contributed by atoms with Gasteiger partial charge in [-0.1, -0.05) is 84.6 Å². The van der Waals surface area contributed by atoms with Gasteiger partial charge in [-0.3, -0.25) is 0 Å². The standard InChI is InChI=1S/C23H42O3/c1-6-7-8-9-10-11-12-13-14-15-16-17-18-19-25-23(24)26-22(20(2)3)21(4)5/h7-8,10-11,20-22H,6,9,12-19H2,1-5H3/b8-7-,11-10-. The summed E-state index contributed by atoms with van der Waals surface area (Å²) in [5.74, 6) is 0.621. The first-order chi connectivity index (χ1) is 12.5. The van der Waals surface area contributed by atoms with Crippen LogP contribution in [0.1, 0.15) is 92.4 Å². The first kappa shape index (κ1) is 24.8. The molecule has 0 aromatic rings. The van der Waals surface area contributed by atoms with E-state index in [9.17, 15) is 4.79 Å². The normalized spacial score (nSPS) is 12.2. The quantitative estimate of drug-likeness (QED) is 0.171. The van der Waals surface area contributed by atoms with Gasteiger partial charge in [0.2, 0.25) is 0 Å². The van der Waals surface area contributed by atoms with Crippen LogP contribution in [0, 0.1) is 11.8 Å². The fourth-order valence-electron chi connectivity index (χ4n) is 2.97. The molecule has 0 saturated heterocycles. The fraction of sp³-hybridized carbons (Fsp3) is 0.783. The third-order valence-electron chi connectivity index (χ3n) is 4.37. The van der Waals surface area contributed by atoms with Crippen molar-refractivity contribution in [3.05, 3.63) is 24.3 Å². The topological polar surface area (TPSA) is 35.5 Å². The lowest BCUT2D eigenvalue weighted by Gasteiger charge is -2.24. The van der Waals surface area contributed by atoms with Crippen molar-refractivity contribution in [3.8, 4) is 0 Å². The van der Waals surface area contributed by atoms with Gasteiger partial charge in [-0.2, -0.15) is 0 Å². The predicted molar refractivity (Wildman–Crippen MR) is 111 cm³/mol. The molecule has 0 aliphatic heterocycles. The molecule has 0 aromatic carbocycles. The van der Waals surface area contributed by atoms with E-state index in [1.807, 2.05) is 0 Å². The third kappa shape index (κ3) is 15.0. The summed E-state index contributed by atoms with van der Waals surface area (Å²) in [6, 6.07) is 0. The molecule has 0 atom stereocenters. The van der Waals surface area contributed by atoms with E-state index in [2.05, 4.69) is 58.9 Å². The SMILES string of the molecule is CC/C=C\C/C=C\CCCCCCCCOC(=O)OC(C(C)C)C(C)C. The smallest absolute Gasteiger partial charge is 0.434 e. The highest BCUT2D eigenvalue weighted by atomic mass is 16.7. The molecular weight excluding hydrogens is 324 g/mol. The number of carbonyl (C=O) groups excluding carboxylic acids is 1. The Bertz CT molecular complexity index is 375. The zero-order valence-electron chi connectivity index (χ0n) is 17.8. The maximum atomic E-state index is 11.7. The molecular formula is C23H42O3. The van der Waals surface area contributed by atoms with Crippen LogP contribution in [0.25, 0.3) is 0 Å². The Balaban J connectivity index is 3.48. The van der Waals surface area contributed by atoms with Crippen molar-refractivity contribution in [1.82, 2.24) is 0 Å². The lowest BCUT2D eigenvalue weighted by Crippen LogP contribution is -2.29. The maximum absolute atomic E-state index is 11.7. The van der Waals surface area contributed by atoms with Gasteiger partial charge in [0.1, 0.15) is 6.10 Å². The van der Waals surface area contributed by atoms with Crippen LogP contribution in [0.3, 0.4) is 0 Å². The van der Waals surface area contributed by atoms with Crippen molar-refractivity contribution < 1.29 is 14.3 Å². The molecule has 0 rings (SSSR count). The second kappa shape index (κ2) is 17.2. The highest BCUT2D eigenvalue weighted by Gasteiger charge is 2.22. The van der Waals surface area contributed by atoms with Crippen LogP contribution in [-0.2, 0) is 9.47 Å². The maximum Gasteiger partial charge on any atom is 0.508 e. The van der Waals surface area contributed by atoms with E-state index >= 15 is 0 Å². The van der Waals surface area contributed by atoms with Gasteiger partial charge in [0.05, 0.1) is 6.61 Å². The summed E-state index contributed by atoms with van der Waals surface area (Å²) in [5, 5.41) is 0. The number of hydrogen-bond acceptors (Lipinski definition) is 3. The predicted octanol–water partition coefficient (Wildman–Crippen LogP) is 7.46. The molecule has 0 spiro atoms. The number of allylic oxidation sites excluding steroid dienone is 4. The van der Waals surface area contributed by atoms with Crippen molar-refractivity contribution in [1.29, 1.82) is 0 Å². The Morgan fingerprint density at radius 2 is 1.38 bits per heavy atom. The molecule has 0 saturated carbocycles. The van der Waals surface area contributed by atoms with Crippen LogP contribution in [0.4, 0.5) is 4.79 Å². The molecule has 0 heterocycles. The number of hydrogen-bond donors (Lipinski definition) is 0. The van der Waals surface area contributed by atoms with Gasteiger partial charge in [-0.15, -0.1) is 0 Å². The lowest BCUT2D eigenvalue weighted by atomic mass is 9.96. The van der Waals surface area contributed by atoms with Crippen LogP contribution in [-0.4, -0.2) is 18.9 Å². The van der Waals surface area contributed by atoms with E-state index in [0.717, 1.165) is 25.7 Å². The number of unbranched alkanes of at least 4 members (excludes halogenated alkanes) is 6. The molecule has 0 radical (unpaired) electrons.